The first-order valence-corrected chi connectivity index (χ1v) is 7.50. The lowest BCUT2D eigenvalue weighted by molar-refractivity contribution is 0.0375. The van der Waals surface area contributed by atoms with Gasteiger partial charge in [-0.1, -0.05) is 29.8 Å². The minimum Gasteiger partial charge on any atom is -0.267 e. The van der Waals surface area contributed by atoms with Gasteiger partial charge in [-0.3, -0.25) is 4.68 Å². The number of rotatable bonds is 1. The molecule has 2 unspecified atom stereocenters. The second-order valence-corrected chi connectivity index (χ2v) is 8.21. The predicted molar refractivity (Wildman–Crippen MR) is 73.3 cm³/mol. The molecule has 2 atom stereocenters. The van der Waals surface area contributed by atoms with E-state index in [1.54, 1.807) is 0 Å². The predicted octanol–water partition coefficient (Wildman–Crippen LogP) is 3.96. The van der Waals surface area contributed by atoms with Gasteiger partial charge in [0.1, 0.15) is 0 Å². The highest BCUT2D eigenvalue weighted by Gasteiger charge is 2.52. The third kappa shape index (κ3) is 1.96. The molecule has 0 spiro atoms. The Balaban J connectivity index is 2.01. The summed E-state index contributed by atoms with van der Waals surface area (Å²) in [5.41, 5.74) is 0.266. The molecule has 0 radical (unpaired) electrons. The Morgan fingerprint density at radius 3 is 2.35 bits per heavy atom. The number of hydrogen-bond donors (Lipinski definition) is 0. The van der Waals surface area contributed by atoms with E-state index in [1.807, 2.05) is 6.20 Å². The molecular formula is C14H21BrN2. The summed E-state index contributed by atoms with van der Waals surface area (Å²) in [7, 11) is 0. The van der Waals surface area contributed by atoms with E-state index in [-0.39, 0.29) is 5.54 Å². The van der Waals surface area contributed by atoms with Crippen LogP contribution in [0.4, 0.5) is 0 Å². The zero-order valence-corrected chi connectivity index (χ0v) is 12.3. The highest BCUT2D eigenvalue weighted by atomic mass is 79.9. The van der Waals surface area contributed by atoms with Crippen molar-refractivity contribution >= 4 is 15.9 Å². The van der Waals surface area contributed by atoms with Gasteiger partial charge in [-0.25, -0.2) is 0 Å². The topological polar surface area (TPSA) is 17.8 Å². The van der Waals surface area contributed by atoms with Crippen molar-refractivity contribution in [3.63, 3.8) is 0 Å². The molecule has 94 valence electrons. The number of nitrogens with zero attached hydrogens (tertiary/aromatic N) is 2. The molecule has 0 saturated heterocycles. The molecule has 2 nitrogen and oxygen atoms in total. The van der Waals surface area contributed by atoms with Crippen LogP contribution in [0.1, 0.15) is 46.0 Å². The quantitative estimate of drug-likeness (QED) is 0.717. The molecule has 2 aliphatic carbocycles. The van der Waals surface area contributed by atoms with Gasteiger partial charge in [0.15, 0.2) is 0 Å². The summed E-state index contributed by atoms with van der Waals surface area (Å²) < 4.78 is 2.60. The average Bonchev–Trinajstić information content (AvgIpc) is 2.65. The molecule has 2 fully saturated rings. The summed E-state index contributed by atoms with van der Waals surface area (Å²) in [6.45, 7) is 4.78. The van der Waals surface area contributed by atoms with Crippen LogP contribution >= 0.6 is 15.9 Å². The Morgan fingerprint density at radius 1 is 1.18 bits per heavy atom. The van der Waals surface area contributed by atoms with E-state index in [0.717, 1.165) is 11.8 Å². The van der Waals surface area contributed by atoms with Crippen molar-refractivity contribution in [1.29, 1.82) is 0 Å². The molecule has 0 aliphatic heterocycles. The number of halogens is 1. The molecule has 2 saturated carbocycles. The van der Waals surface area contributed by atoms with Gasteiger partial charge in [0.2, 0.25) is 0 Å². The molecule has 2 aliphatic rings. The molecule has 0 amide bonds. The molecule has 1 heterocycles. The maximum atomic E-state index is 4.55. The lowest BCUT2D eigenvalue weighted by atomic mass is 9.61. The third-order valence-electron chi connectivity index (χ3n) is 4.52. The summed E-state index contributed by atoms with van der Waals surface area (Å²) in [5, 5.41) is 4.55. The molecule has 1 aromatic rings. The molecule has 0 aromatic carbocycles. The Hall–Kier alpha value is -0.310. The molecule has 2 bridgehead atoms. The van der Waals surface area contributed by atoms with E-state index in [1.165, 1.54) is 32.1 Å². The van der Waals surface area contributed by atoms with Crippen molar-refractivity contribution in [2.75, 3.05) is 0 Å². The minimum absolute atomic E-state index is 0.266. The van der Waals surface area contributed by atoms with Crippen LogP contribution in [0.15, 0.2) is 18.5 Å². The molecule has 1 aromatic heterocycles. The van der Waals surface area contributed by atoms with Gasteiger partial charge < -0.3 is 0 Å². The van der Waals surface area contributed by atoms with E-state index < -0.39 is 0 Å². The Labute approximate surface area is 112 Å². The zero-order valence-electron chi connectivity index (χ0n) is 10.7. The Kier molecular flexibility index (Phi) is 2.66. The van der Waals surface area contributed by atoms with Crippen molar-refractivity contribution in [2.24, 2.45) is 11.8 Å². The second kappa shape index (κ2) is 3.84. The highest BCUT2D eigenvalue weighted by molar-refractivity contribution is 9.10. The summed E-state index contributed by atoms with van der Waals surface area (Å²) in [5.74, 6) is 1.58. The summed E-state index contributed by atoms with van der Waals surface area (Å²) >= 11 is 4.05. The van der Waals surface area contributed by atoms with Crippen molar-refractivity contribution in [1.82, 2.24) is 9.78 Å². The summed E-state index contributed by atoms with van der Waals surface area (Å²) in [6, 6.07) is 2.06. The fourth-order valence-corrected chi connectivity index (χ4v) is 6.18. The van der Waals surface area contributed by atoms with Crippen molar-refractivity contribution < 1.29 is 0 Å². The maximum absolute atomic E-state index is 4.55. The van der Waals surface area contributed by atoms with Crippen LogP contribution in [-0.2, 0) is 5.54 Å². The van der Waals surface area contributed by atoms with E-state index >= 15 is 0 Å². The van der Waals surface area contributed by atoms with E-state index in [2.05, 4.69) is 51.8 Å². The largest absolute Gasteiger partial charge is 0.267 e. The average molecular weight is 297 g/mol. The number of hydrogen-bond acceptors (Lipinski definition) is 1. The second-order valence-electron chi connectivity index (χ2n) is 6.53. The first-order valence-electron chi connectivity index (χ1n) is 6.70. The number of fused-ring (bicyclic) bond motifs is 2. The zero-order chi connectivity index (χ0) is 12.1. The highest BCUT2D eigenvalue weighted by Crippen LogP contribution is 2.56. The SMILES string of the molecule is CC1CC2(Br)CC(C)CC(n3cccn3)(C1)C2. The van der Waals surface area contributed by atoms with E-state index in [0.29, 0.717) is 4.32 Å². The monoisotopic (exact) mass is 296 g/mol. The van der Waals surface area contributed by atoms with Gasteiger partial charge in [0.25, 0.3) is 0 Å². The van der Waals surface area contributed by atoms with Gasteiger partial charge in [0, 0.05) is 16.7 Å². The molecule has 3 heteroatoms. The third-order valence-corrected chi connectivity index (χ3v) is 5.45. The Morgan fingerprint density at radius 2 is 1.82 bits per heavy atom. The lowest BCUT2D eigenvalue weighted by Gasteiger charge is -2.54. The van der Waals surface area contributed by atoms with Crippen LogP contribution in [0.2, 0.25) is 0 Å². The van der Waals surface area contributed by atoms with Crippen LogP contribution in [0.3, 0.4) is 0 Å². The normalized spacial score (nSPS) is 45.8. The molecule has 17 heavy (non-hydrogen) atoms. The van der Waals surface area contributed by atoms with Crippen LogP contribution in [0.5, 0.6) is 0 Å². The van der Waals surface area contributed by atoms with Crippen LogP contribution in [0, 0.1) is 11.8 Å². The van der Waals surface area contributed by atoms with Gasteiger partial charge in [-0.05, 0) is 50.0 Å². The number of aromatic nitrogens is 2. The lowest BCUT2D eigenvalue weighted by Crippen LogP contribution is -2.52. The van der Waals surface area contributed by atoms with Gasteiger partial charge in [-0.2, -0.15) is 5.10 Å². The molecule has 3 rings (SSSR count). The molecule has 0 N–H and O–H groups in total. The Bertz CT molecular complexity index is 384. The summed E-state index contributed by atoms with van der Waals surface area (Å²) in [6.07, 6.45) is 10.5. The smallest absolute Gasteiger partial charge is 0.0646 e. The van der Waals surface area contributed by atoms with Crippen molar-refractivity contribution in [3.05, 3.63) is 18.5 Å². The standard InChI is InChI=1S/C14H21BrN2/c1-11-6-13(15)7-12(2)9-14(8-11,10-13)17-5-3-4-16-17/h3-5,11-12H,6-10H2,1-2H3. The summed E-state index contributed by atoms with van der Waals surface area (Å²) in [4.78, 5) is 0. The fourth-order valence-electron chi connectivity index (χ4n) is 4.55. The van der Waals surface area contributed by atoms with Crippen molar-refractivity contribution in [2.45, 2.75) is 55.8 Å². The minimum atomic E-state index is 0.266. The maximum Gasteiger partial charge on any atom is 0.0646 e. The van der Waals surface area contributed by atoms with Gasteiger partial charge >= 0.3 is 0 Å². The first kappa shape index (κ1) is 11.8. The van der Waals surface area contributed by atoms with E-state index in [4.69, 9.17) is 0 Å². The van der Waals surface area contributed by atoms with Crippen LogP contribution in [0.25, 0.3) is 0 Å². The van der Waals surface area contributed by atoms with Crippen LogP contribution in [-0.4, -0.2) is 14.1 Å². The van der Waals surface area contributed by atoms with Gasteiger partial charge in [-0.15, -0.1) is 0 Å². The molecular weight excluding hydrogens is 276 g/mol. The first-order chi connectivity index (χ1) is 8.01. The van der Waals surface area contributed by atoms with Crippen LogP contribution < -0.4 is 0 Å². The van der Waals surface area contributed by atoms with Gasteiger partial charge in [0.05, 0.1) is 5.54 Å². The fraction of sp³-hybridized carbons (Fsp3) is 0.786. The number of alkyl halides is 1. The van der Waals surface area contributed by atoms with E-state index in [9.17, 15) is 0 Å². The van der Waals surface area contributed by atoms with Crippen molar-refractivity contribution in [3.8, 4) is 0 Å².